The van der Waals surface area contributed by atoms with Crippen LogP contribution >= 0.6 is 23.2 Å². The monoisotopic (exact) mass is 494 g/mol. The number of hydrogen-bond donors (Lipinski definition) is 1. The minimum absolute atomic E-state index is 0.240. The number of benzene rings is 1. The minimum Gasteiger partial charge on any atom is -0.458 e. The maximum atomic E-state index is 12.1. The van der Waals surface area contributed by atoms with Gasteiger partial charge >= 0.3 is 12.1 Å². The highest BCUT2D eigenvalue weighted by atomic mass is 35.5. The fraction of sp³-hybridized carbons (Fsp3) is 0.478. The van der Waals surface area contributed by atoms with Crippen LogP contribution in [0.5, 0.6) is 0 Å². The molecule has 1 saturated heterocycles. The van der Waals surface area contributed by atoms with Crippen LogP contribution in [0.2, 0.25) is 10.0 Å². The lowest BCUT2D eigenvalue weighted by atomic mass is 10.1. The summed E-state index contributed by atoms with van der Waals surface area (Å²) in [6.07, 6.45) is 0.495. The number of anilines is 1. The number of aromatic nitrogens is 2. The second-order valence-corrected chi connectivity index (χ2v) is 8.50. The van der Waals surface area contributed by atoms with Gasteiger partial charge in [-0.05, 0) is 31.0 Å². The normalized spacial score (nSPS) is 17.7. The van der Waals surface area contributed by atoms with Crippen LogP contribution in [0.4, 0.5) is 10.6 Å². The Kier molecular flexibility index (Phi) is 8.37. The second kappa shape index (κ2) is 11.0. The highest BCUT2D eigenvalue weighted by molar-refractivity contribution is 6.36. The number of carbonyl (C=O) groups excluding carboxylic acids is 2. The molecule has 0 spiro atoms. The third kappa shape index (κ3) is 5.68. The molecule has 2 unspecified atom stereocenters. The van der Waals surface area contributed by atoms with Crippen LogP contribution in [0.1, 0.15) is 38.6 Å². The third-order valence-corrected chi connectivity index (χ3v) is 6.04. The van der Waals surface area contributed by atoms with Crippen LogP contribution in [0.15, 0.2) is 18.2 Å². The summed E-state index contributed by atoms with van der Waals surface area (Å²) >= 11 is 12.5. The van der Waals surface area contributed by atoms with Crippen molar-refractivity contribution < 1.29 is 19.1 Å². The molecule has 10 heteroatoms. The van der Waals surface area contributed by atoms with E-state index in [0.717, 1.165) is 17.0 Å². The van der Waals surface area contributed by atoms with Gasteiger partial charge in [-0.15, -0.1) is 0 Å². The van der Waals surface area contributed by atoms with E-state index in [1.165, 1.54) is 12.0 Å². The van der Waals surface area contributed by atoms with Gasteiger partial charge in [0.05, 0.1) is 41.8 Å². The molecule has 1 fully saturated rings. The van der Waals surface area contributed by atoms with Gasteiger partial charge in [-0.2, -0.15) is 0 Å². The average molecular weight is 495 g/mol. The molecule has 178 valence electrons. The number of rotatable bonds is 7. The maximum Gasteiger partial charge on any atom is 0.409 e. The lowest BCUT2D eigenvalue weighted by Crippen LogP contribution is -2.36. The van der Waals surface area contributed by atoms with Crippen LogP contribution in [0.25, 0.3) is 11.3 Å². The first-order valence-corrected chi connectivity index (χ1v) is 11.7. The number of nitrogens with one attached hydrogen (secondary N) is 1. The molecule has 3 rings (SSSR count). The van der Waals surface area contributed by atoms with Gasteiger partial charge in [0.25, 0.3) is 0 Å². The van der Waals surface area contributed by atoms with Crippen LogP contribution < -0.4 is 5.32 Å². The van der Waals surface area contributed by atoms with Crippen molar-refractivity contribution >= 4 is 41.1 Å². The Balaban J connectivity index is 1.95. The molecule has 1 amide bonds. The van der Waals surface area contributed by atoms with Gasteiger partial charge in [0.2, 0.25) is 0 Å². The molecule has 0 bridgehead atoms. The average Bonchev–Trinajstić information content (AvgIpc) is 3.20. The Morgan fingerprint density at radius 2 is 1.85 bits per heavy atom. The van der Waals surface area contributed by atoms with E-state index in [2.05, 4.69) is 5.32 Å². The van der Waals surface area contributed by atoms with Gasteiger partial charge in [-0.3, -0.25) is 4.79 Å². The molecule has 0 radical (unpaired) electrons. The van der Waals surface area contributed by atoms with E-state index in [1.54, 1.807) is 19.1 Å². The zero-order valence-corrected chi connectivity index (χ0v) is 20.7. The molecule has 2 heterocycles. The molecule has 2 atom stereocenters. The summed E-state index contributed by atoms with van der Waals surface area (Å²) in [5.74, 6) is 0.264. The van der Waals surface area contributed by atoms with Crippen LogP contribution in [-0.4, -0.2) is 59.3 Å². The first-order valence-electron chi connectivity index (χ1n) is 10.9. The van der Waals surface area contributed by atoms with Gasteiger partial charge in [-0.25, -0.2) is 14.8 Å². The number of hydrogen-bond acceptors (Lipinski definition) is 7. The lowest BCUT2D eigenvalue weighted by Gasteiger charge is -2.22. The summed E-state index contributed by atoms with van der Waals surface area (Å²) in [6.45, 7) is 6.26. The van der Waals surface area contributed by atoms with E-state index in [1.807, 2.05) is 19.9 Å². The topological polar surface area (TPSA) is 93.7 Å². The number of methoxy groups -OCH3 is 1. The van der Waals surface area contributed by atoms with E-state index in [9.17, 15) is 9.59 Å². The number of esters is 1. The number of nitrogens with zero attached hydrogens (tertiary/aromatic N) is 3. The molecule has 1 aliphatic heterocycles. The van der Waals surface area contributed by atoms with Crippen molar-refractivity contribution in [2.75, 3.05) is 25.5 Å². The van der Waals surface area contributed by atoms with Gasteiger partial charge in [0.15, 0.2) is 0 Å². The fourth-order valence-electron chi connectivity index (χ4n) is 3.75. The highest BCUT2D eigenvalue weighted by Crippen LogP contribution is 2.33. The number of aryl methyl sites for hydroxylation is 2. The summed E-state index contributed by atoms with van der Waals surface area (Å²) in [6, 6.07) is 4.94. The summed E-state index contributed by atoms with van der Waals surface area (Å²) in [7, 11) is 1.32. The number of amides is 1. The zero-order chi connectivity index (χ0) is 24.1. The molecule has 1 aromatic carbocycles. The van der Waals surface area contributed by atoms with Crippen LogP contribution in [0, 0.1) is 0 Å². The molecule has 8 nitrogen and oxygen atoms in total. The zero-order valence-electron chi connectivity index (χ0n) is 19.2. The Hall–Kier alpha value is -2.58. The molecular formula is C23H28Cl2N4O4. The minimum atomic E-state index is -0.529. The first kappa shape index (κ1) is 25.1. The third-order valence-electron chi connectivity index (χ3n) is 5.49. The van der Waals surface area contributed by atoms with Crippen molar-refractivity contribution in [3.8, 4) is 11.3 Å². The summed E-state index contributed by atoms with van der Waals surface area (Å²) in [5, 5.41) is 4.43. The highest BCUT2D eigenvalue weighted by Gasteiger charge is 2.39. The standard InChI is InChI=1S/C23H28Cl2N4O4/c1-5-16-21(14-9-8-13(24)10-15(14)25)26-17(6-2)22(27-16)28-18-11-29(23(31)32-4)12-19(18)33-20(30)7-3/h8-10,18-19H,5-7,11-12H2,1-4H3,(H,27,28). The Morgan fingerprint density at radius 1 is 1.12 bits per heavy atom. The molecule has 0 aliphatic carbocycles. The molecule has 1 aliphatic rings. The predicted molar refractivity (Wildman–Crippen MR) is 128 cm³/mol. The van der Waals surface area contributed by atoms with E-state index < -0.39 is 12.2 Å². The van der Waals surface area contributed by atoms with Crippen molar-refractivity contribution in [2.45, 2.75) is 52.2 Å². The molecule has 33 heavy (non-hydrogen) atoms. The Bertz CT molecular complexity index is 1030. The van der Waals surface area contributed by atoms with Gasteiger partial charge < -0.3 is 19.7 Å². The van der Waals surface area contributed by atoms with Gasteiger partial charge in [0.1, 0.15) is 11.9 Å². The first-order chi connectivity index (χ1) is 15.8. The van der Waals surface area contributed by atoms with Gasteiger partial charge in [-0.1, -0.05) is 44.0 Å². The van der Waals surface area contributed by atoms with Crippen molar-refractivity contribution in [2.24, 2.45) is 0 Å². The number of likely N-dealkylation sites (tertiary alicyclic amines) is 1. The Labute approximate surface area is 203 Å². The van der Waals surface area contributed by atoms with E-state index in [0.29, 0.717) is 40.9 Å². The number of ether oxygens (including phenoxy) is 2. The fourth-order valence-corrected chi connectivity index (χ4v) is 4.25. The summed E-state index contributed by atoms with van der Waals surface area (Å²) in [4.78, 5) is 35.3. The molecule has 1 aromatic heterocycles. The molecule has 2 aromatic rings. The Morgan fingerprint density at radius 3 is 2.45 bits per heavy atom. The van der Waals surface area contributed by atoms with Crippen LogP contribution in [0.3, 0.4) is 0 Å². The smallest absolute Gasteiger partial charge is 0.409 e. The lowest BCUT2D eigenvalue weighted by molar-refractivity contribution is -0.148. The van der Waals surface area contributed by atoms with E-state index in [-0.39, 0.29) is 25.0 Å². The second-order valence-electron chi connectivity index (χ2n) is 7.65. The number of carbonyl (C=O) groups is 2. The van der Waals surface area contributed by atoms with Gasteiger partial charge in [0, 0.05) is 23.6 Å². The summed E-state index contributed by atoms with van der Waals surface area (Å²) in [5.41, 5.74) is 2.98. The van der Waals surface area contributed by atoms with Crippen molar-refractivity contribution in [3.05, 3.63) is 39.6 Å². The van der Waals surface area contributed by atoms with Crippen molar-refractivity contribution in [1.82, 2.24) is 14.9 Å². The van der Waals surface area contributed by atoms with Crippen LogP contribution in [-0.2, 0) is 27.1 Å². The number of halogens is 2. The van der Waals surface area contributed by atoms with E-state index in [4.69, 9.17) is 42.6 Å². The SMILES string of the molecule is CCC(=O)OC1CN(C(=O)OC)CC1Nc1nc(CC)c(-c2ccc(Cl)cc2Cl)nc1CC. The van der Waals surface area contributed by atoms with Crippen molar-refractivity contribution in [3.63, 3.8) is 0 Å². The molecule has 0 saturated carbocycles. The summed E-state index contributed by atoms with van der Waals surface area (Å²) < 4.78 is 10.4. The largest absolute Gasteiger partial charge is 0.458 e. The molecule has 1 N–H and O–H groups in total. The molecular weight excluding hydrogens is 467 g/mol. The quantitative estimate of drug-likeness (QED) is 0.554. The maximum absolute atomic E-state index is 12.1. The predicted octanol–water partition coefficient (Wildman–Crippen LogP) is 4.76. The van der Waals surface area contributed by atoms with E-state index >= 15 is 0 Å². The van der Waals surface area contributed by atoms with Crippen molar-refractivity contribution in [1.29, 1.82) is 0 Å².